The van der Waals surface area contributed by atoms with Crippen LogP contribution in [0.5, 0.6) is 5.75 Å². The van der Waals surface area contributed by atoms with Crippen LogP contribution < -0.4 is 15.8 Å². The fourth-order valence-corrected chi connectivity index (χ4v) is 9.38. The summed E-state index contributed by atoms with van der Waals surface area (Å²) in [4.78, 5) is 34.2. The Kier molecular flexibility index (Phi) is 6.03. The van der Waals surface area contributed by atoms with Crippen molar-refractivity contribution < 1.29 is 14.3 Å². The number of hydrogen-bond donors (Lipinski definition) is 2. The number of aromatic nitrogens is 3. The van der Waals surface area contributed by atoms with Gasteiger partial charge in [0.05, 0.1) is 41.3 Å². The number of rotatable bonds is 8. The molecule has 0 radical (unpaired) electrons. The maximum atomic E-state index is 13.8. The fraction of sp³-hybridized carbons (Fsp3) is 0.514. The highest BCUT2D eigenvalue weighted by molar-refractivity contribution is 6.01. The summed E-state index contributed by atoms with van der Waals surface area (Å²) in [5.74, 6) is 2.15. The van der Waals surface area contributed by atoms with Crippen molar-refractivity contribution in [3.63, 3.8) is 0 Å². The molecule has 47 heavy (non-hydrogen) atoms. The minimum absolute atomic E-state index is 0.00745. The molecule has 10 heteroatoms. The minimum atomic E-state index is -0.347. The molecule has 2 aromatic carbocycles. The topological polar surface area (TPSA) is 131 Å². The lowest BCUT2D eigenvalue weighted by Gasteiger charge is -2.65. The quantitative estimate of drug-likeness (QED) is 0.275. The van der Waals surface area contributed by atoms with Crippen molar-refractivity contribution in [2.45, 2.75) is 89.0 Å². The molecular formula is C37H41N7O3. The van der Waals surface area contributed by atoms with Crippen LogP contribution in [0.2, 0.25) is 0 Å². The Labute approximate surface area is 273 Å². The normalized spacial score (nSPS) is 29.4. The summed E-state index contributed by atoms with van der Waals surface area (Å²) in [5.41, 5.74) is 11.1. The van der Waals surface area contributed by atoms with Gasteiger partial charge in [0.2, 0.25) is 5.91 Å². The van der Waals surface area contributed by atoms with Crippen LogP contribution in [0.25, 0.3) is 33.5 Å². The molecule has 2 amide bonds. The zero-order valence-corrected chi connectivity index (χ0v) is 27.3. The molecule has 4 aliphatic carbocycles. The highest BCUT2D eigenvalue weighted by Gasteiger charge is 2.72. The Morgan fingerprint density at radius 1 is 1.15 bits per heavy atom. The van der Waals surface area contributed by atoms with Crippen molar-refractivity contribution in [2.75, 3.05) is 7.11 Å². The van der Waals surface area contributed by atoms with E-state index in [9.17, 15) is 14.9 Å². The number of ether oxygens (including phenoxy) is 1. The third-order valence-electron chi connectivity index (χ3n) is 12.1. The van der Waals surface area contributed by atoms with Gasteiger partial charge >= 0.3 is 0 Å². The molecule has 0 unspecified atom stereocenters. The fourth-order valence-electron chi connectivity index (χ4n) is 9.38. The molecule has 6 aliphatic rings. The highest BCUT2D eigenvalue weighted by Crippen LogP contribution is 2.73. The molecule has 10 rings (SSSR count). The Morgan fingerprint density at radius 2 is 1.94 bits per heavy atom. The second-order valence-corrected chi connectivity index (χ2v) is 15.3. The van der Waals surface area contributed by atoms with E-state index in [-0.39, 0.29) is 46.8 Å². The highest BCUT2D eigenvalue weighted by atomic mass is 16.5. The maximum absolute atomic E-state index is 13.8. The largest absolute Gasteiger partial charge is 0.494 e. The van der Waals surface area contributed by atoms with Gasteiger partial charge < -0.3 is 29.8 Å². The third-order valence-corrected chi connectivity index (χ3v) is 12.1. The number of benzene rings is 2. The summed E-state index contributed by atoms with van der Waals surface area (Å²) in [7, 11) is 3.66. The van der Waals surface area contributed by atoms with Crippen LogP contribution in [-0.4, -0.2) is 56.1 Å². The first-order valence-electron chi connectivity index (χ1n) is 17.1. The number of methoxy groups -OCH3 is 1. The minimum Gasteiger partial charge on any atom is -0.494 e. The smallest absolute Gasteiger partial charge is 0.254 e. The van der Waals surface area contributed by atoms with Gasteiger partial charge in [-0.05, 0) is 94.0 Å². The second kappa shape index (κ2) is 9.83. The summed E-state index contributed by atoms with van der Waals surface area (Å²) in [5, 5.41) is 13.8. The first-order chi connectivity index (χ1) is 22.6. The van der Waals surface area contributed by atoms with Crippen molar-refractivity contribution in [3.8, 4) is 23.3 Å². The molecule has 6 fully saturated rings. The Hall–Kier alpha value is -4.36. The molecule has 2 aliphatic heterocycles. The average Bonchev–Trinajstić information content (AvgIpc) is 3.34. The van der Waals surface area contributed by atoms with Crippen LogP contribution in [0.1, 0.15) is 80.3 Å². The standard InChI is InChI=1S/C37H41N7O3/c1-20(40-35(46)37-16-36(17-37,18-37)19-38)22-6-7-23-12-30(43(29(23)11-22)15-21-4-5-21)33-41-27-10-24(13-31(47-3)32(27)42(33)2)34(45)44-25-8-9-28(44)26(39)14-25/h6-7,10-13,20-21,25-26,28H,4-5,8-9,14-18,39H2,1-3H3,(H,40,46)/t20-,25+,26-,28-,36?,37?/m1/s1. The Balaban J connectivity index is 1.07. The second-order valence-electron chi connectivity index (χ2n) is 15.3. The zero-order chi connectivity index (χ0) is 32.4. The van der Waals surface area contributed by atoms with Crippen molar-refractivity contribution >= 4 is 33.8 Å². The lowest BCUT2D eigenvalue weighted by Crippen LogP contribution is -2.67. The number of aryl methyl sites for hydroxylation is 1. The monoisotopic (exact) mass is 631 g/mol. The van der Waals surface area contributed by atoms with E-state index < -0.39 is 0 Å². The van der Waals surface area contributed by atoms with Gasteiger partial charge in [-0.1, -0.05) is 12.1 Å². The molecule has 3 N–H and O–H groups in total. The zero-order valence-electron chi connectivity index (χ0n) is 27.3. The van der Waals surface area contributed by atoms with E-state index in [1.54, 1.807) is 7.11 Å². The number of carbonyl (C=O) groups excluding carboxylic acids is 2. The molecule has 0 spiro atoms. The van der Waals surface area contributed by atoms with E-state index in [1.165, 1.54) is 12.8 Å². The van der Waals surface area contributed by atoms with Crippen LogP contribution in [0, 0.1) is 28.1 Å². The van der Waals surface area contributed by atoms with Gasteiger partial charge in [-0.3, -0.25) is 9.59 Å². The summed E-state index contributed by atoms with van der Waals surface area (Å²) in [6.07, 6.45) is 7.33. The molecule has 2 saturated heterocycles. The number of amides is 2. The molecule has 4 heterocycles. The third kappa shape index (κ3) is 4.14. The lowest BCUT2D eigenvalue weighted by molar-refractivity contribution is -0.185. The summed E-state index contributed by atoms with van der Waals surface area (Å²) >= 11 is 0. The van der Waals surface area contributed by atoms with Crippen molar-refractivity contribution in [1.29, 1.82) is 5.26 Å². The van der Waals surface area contributed by atoms with Crippen molar-refractivity contribution in [3.05, 3.63) is 47.5 Å². The van der Waals surface area contributed by atoms with Gasteiger partial charge in [-0.15, -0.1) is 0 Å². The molecule has 4 bridgehead atoms. The van der Waals surface area contributed by atoms with Crippen LogP contribution in [-0.2, 0) is 18.4 Å². The lowest BCUT2D eigenvalue weighted by atomic mass is 9.35. The van der Waals surface area contributed by atoms with Gasteiger partial charge in [0, 0.05) is 48.2 Å². The number of nitrogens with one attached hydrogen (secondary N) is 1. The SMILES string of the molecule is COc1cc(C(=O)N2[C@H]3CC[C@@H]2[C@H](N)C3)cc2nc(-c3cc4ccc([C@@H](C)NC(=O)C56CC(C#N)(C5)C6)cc4n3CC3CC3)n(C)c12. The average molecular weight is 632 g/mol. The number of nitrogens with zero attached hydrogens (tertiary/aromatic N) is 5. The Morgan fingerprint density at radius 3 is 2.60 bits per heavy atom. The predicted molar refractivity (Wildman–Crippen MR) is 177 cm³/mol. The van der Waals surface area contributed by atoms with Gasteiger partial charge in [0.1, 0.15) is 11.3 Å². The van der Waals surface area contributed by atoms with E-state index in [2.05, 4.69) is 44.8 Å². The van der Waals surface area contributed by atoms with Crippen LogP contribution >= 0.6 is 0 Å². The molecule has 242 valence electrons. The first-order valence-corrected chi connectivity index (χ1v) is 17.1. The number of nitriles is 1. The van der Waals surface area contributed by atoms with Crippen LogP contribution in [0.15, 0.2) is 36.4 Å². The molecule has 4 aromatic rings. The van der Waals surface area contributed by atoms with E-state index in [1.807, 2.05) is 31.0 Å². The number of hydrogen-bond acceptors (Lipinski definition) is 6. The molecule has 2 aromatic heterocycles. The Bertz CT molecular complexity index is 2030. The summed E-state index contributed by atoms with van der Waals surface area (Å²) in [6.45, 7) is 2.93. The number of fused-ring (bicyclic) bond motifs is 4. The van der Waals surface area contributed by atoms with Gasteiger partial charge in [0.15, 0.2) is 5.82 Å². The summed E-state index contributed by atoms with van der Waals surface area (Å²) < 4.78 is 10.3. The van der Waals surface area contributed by atoms with Crippen molar-refractivity contribution in [1.82, 2.24) is 24.3 Å². The van der Waals surface area contributed by atoms with Gasteiger partial charge in [-0.2, -0.15) is 5.26 Å². The van der Waals surface area contributed by atoms with Crippen molar-refractivity contribution in [2.24, 2.45) is 29.5 Å². The van der Waals surface area contributed by atoms with Gasteiger partial charge in [-0.25, -0.2) is 4.98 Å². The molecule has 4 saturated carbocycles. The number of carbonyl (C=O) groups is 2. The van der Waals surface area contributed by atoms with E-state index in [0.29, 0.717) is 36.5 Å². The molecular weight excluding hydrogens is 590 g/mol. The van der Waals surface area contributed by atoms with E-state index in [4.69, 9.17) is 15.5 Å². The van der Waals surface area contributed by atoms with Crippen LogP contribution in [0.3, 0.4) is 0 Å². The first kappa shape index (κ1) is 28.8. The molecule has 10 nitrogen and oxygen atoms in total. The van der Waals surface area contributed by atoms with Gasteiger partial charge in [0.25, 0.3) is 5.91 Å². The van der Waals surface area contributed by atoms with E-state index >= 15 is 0 Å². The van der Waals surface area contributed by atoms with E-state index in [0.717, 1.165) is 64.8 Å². The number of nitrogens with two attached hydrogens (primary N) is 1. The number of imidazole rings is 1. The predicted octanol–water partition coefficient (Wildman–Crippen LogP) is 5.19. The molecule has 4 atom stereocenters. The summed E-state index contributed by atoms with van der Waals surface area (Å²) in [6, 6.07) is 15.0. The maximum Gasteiger partial charge on any atom is 0.254 e. The van der Waals surface area contributed by atoms with Crippen LogP contribution in [0.4, 0.5) is 0 Å².